The van der Waals surface area contributed by atoms with Gasteiger partial charge in [0, 0.05) is 11.4 Å². The molecule has 0 saturated carbocycles. The first kappa shape index (κ1) is 15.5. The van der Waals surface area contributed by atoms with Gasteiger partial charge in [-0.05, 0) is 37.0 Å². The van der Waals surface area contributed by atoms with Crippen LogP contribution in [-0.4, -0.2) is 16.7 Å². The number of aliphatic hydroxyl groups is 1. The molecule has 1 heterocycles. The fourth-order valence-corrected chi connectivity index (χ4v) is 3.70. The molecule has 1 aromatic heterocycles. The lowest BCUT2D eigenvalue weighted by Gasteiger charge is -2.16. The molecule has 1 atom stereocenters. The Hall–Kier alpha value is -1.44. The van der Waals surface area contributed by atoms with Crippen LogP contribution in [0.1, 0.15) is 33.6 Å². The summed E-state index contributed by atoms with van der Waals surface area (Å²) in [5.41, 5.74) is 1.30. The fraction of sp³-hybridized carbons (Fsp3) is 0.400. The Morgan fingerprint density at radius 2 is 1.95 bits per heavy atom. The van der Waals surface area contributed by atoms with Gasteiger partial charge in [-0.1, -0.05) is 0 Å². The van der Waals surface area contributed by atoms with E-state index in [1.807, 2.05) is 0 Å². The summed E-state index contributed by atoms with van der Waals surface area (Å²) in [6, 6.07) is 1.12. The molecule has 3 nitrogen and oxygen atoms in total. The van der Waals surface area contributed by atoms with Gasteiger partial charge in [-0.2, -0.15) is 0 Å². The maximum Gasteiger partial charge on any atom is 0.194 e. The molecule has 0 amide bonds. The van der Waals surface area contributed by atoms with E-state index in [2.05, 4.69) is 10.3 Å². The number of aromatic nitrogens is 1. The minimum Gasteiger partial charge on any atom is -0.394 e. The monoisotopic (exact) mass is 328 g/mol. The predicted octanol–water partition coefficient (Wildman–Crippen LogP) is 2.87. The first-order chi connectivity index (χ1) is 10.6. The van der Waals surface area contributed by atoms with Crippen molar-refractivity contribution in [1.82, 2.24) is 10.3 Å². The largest absolute Gasteiger partial charge is 0.394 e. The van der Waals surface area contributed by atoms with E-state index in [0.29, 0.717) is 6.54 Å². The summed E-state index contributed by atoms with van der Waals surface area (Å²) < 4.78 is 39.5. The second kappa shape index (κ2) is 6.36. The normalized spacial score (nSPS) is 15.1. The van der Waals surface area contributed by atoms with E-state index in [4.69, 9.17) is 0 Å². The van der Waals surface area contributed by atoms with E-state index in [1.54, 1.807) is 11.3 Å². The molecule has 2 N–H and O–H groups in total. The van der Waals surface area contributed by atoms with Crippen molar-refractivity contribution in [3.63, 3.8) is 0 Å². The topological polar surface area (TPSA) is 45.1 Å². The highest BCUT2D eigenvalue weighted by Gasteiger charge is 2.19. The first-order valence-electron chi connectivity index (χ1n) is 7.04. The molecule has 0 spiro atoms. The predicted molar refractivity (Wildman–Crippen MR) is 77.1 cm³/mol. The molecule has 22 heavy (non-hydrogen) atoms. The number of rotatable bonds is 5. The summed E-state index contributed by atoms with van der Waals surface area (Å²) in [5.74, 6) is -4.02. The summed E-state index contributed by atoms with van der Waals surface area (Å²) in [7, 11) is 0. The van der Waals surface area contributed by atoms with Gasteiger partial charge in [0.05, 0.1) is 18.3 Å². The number of aryl methyl sites for hydroxylation is 2. The molecule has 0 saturated heterocycles. The second-order valence-corrected chi connectivity index (χ2v) is 6.41. The van der Waals surface area contributed by atoms with Gasteiger partial charge < -0.3 is 10.4 Å². The Labute approximate surface area is 129 Å². The van der Waals surface area contributed by atoms with Crippen LogP contribution in [0, 0.1) is 17.5 Å². The molecule has 7 heteroatoms. The van der Waals surface area contributed by atoms with Gasteiger partial charge in [0.25, 0.3) is 0 Å². The van der Waals surface area contributed by atoms with Gasteiger partial charge in [-0.25, -0.2) is 18.2 Å². The molecular formula is C15H15F3N2OS. The van der Waals surface area contributed by atoms with Crippen LogP contribution in [0.5, 0.6) is 0 Å². The second-order valence-electron chi connectivity index (χ2n) is 5.25. The number of hydrogen-bond acceptors (Lipinski definition) is 4. The third-order valence-corrected chi connectivity index (χ3v) is 4.89. The maximum absolute atomic E-state index is 13.3. The average Bonchev–Trinajstić information content (AvgIpc) is 3.06. The number of aliphatic hydroxyl groups excluding tert-OH is 1. The molecule has 1 aromatic carbocycles. The van der Waals surface area contributed by atoms with Gasteiger partial charge in [0.15, 0.2) is 17.5 Å². The summed E-state index contributed by atoms with van der Waals surface area (Å²) in [4.78, 5) is 5.79. The van der Waals surface area contributed by atoms with Crippen molar-refractivity contribution in [2.45, 2.75) is 31.8 Å². The Morgan fingerprint density at radius 1 is 1.23 bits per heavy atom. The van der Waals surface area contributed by atoms with Crippen LogP contribution in [0.25, 0.3) is 0 Å². The minimum absolute atomic E-state index is 0.169. The van der Waals surface area contributed by atoms with E-state index in [0.717, 1.165) is 42.1 Å². The Kier molecular flexibility index (Phi) is 4.46. The highest BCUT2D eigenvalue weighted by atomic mass is 32.1. The van der Waals surface area contributed by atoms with Crippen molar-refractivity contribution in [3.8, 4) is 0 Å². The van der Waals surface area contributed by atoms with Crippen LogP contribution in [0.3, 0.4) is 0 Å². The Bertz CT molecular complexity index is 645. The zero-order chi connectivity index (χ0) is 15.7. The Morgan fingerprint density at radius 3 is 2.59 bits per heavy atom. The molecule has 3 rings (SSSR count). The summed E-state index contributed by atoms with van der Waals surface area (Å²) >= 11 is 1.62. The molecule has 1 aliphatic carbocycles. The Balaban J connectivity index is 1.71. The van der Waals surface area contributed by atoms with Crippen LogP contribution in [0.4, 0.5) is 13.2 Å². The van der Waals surface area contributed by atoms with Crippen molar-refractivity contribution in [3.05, 3.63) is 50.7 Å². The smallest absolute Gasteiger partial charge is 0.194 e. The van der Waals surface area contributed by atoms with E-state index in [9.17, 15) is 18.3 Å². The number of nitrogens with one attached hydrogen (secondary N) is 1. The van der Waals surface area contributed by atoms with Crippen LogP contribution in [-0.2, 0) is 19.4 Å². The van der Waals surface area contributed by atoms with Gasteiger partial charge in [0.2, 0.25) is 0 Å². The van der Waals surface area contributed by atoms with Crippen molar-refractivity contribution in [2.75, 3.05) is 6.61 Å². The number of nitrogens with zero attached hydrogens (tertiary/aromatic N) is 1. The molecule has 0 aliphatic heterocycles. The zero-order valence-electron chi connectivity index (χ0n) is 11.7. The van der Waals surface area contributed by atoms with Gasteiger partial charge in [-0.3, -0.25) is 0 Å². The highest BCUT2D eigenvalue weighted by Crippen LogP contribution is 2.28. The van der Waals surface area contributed by atoms with E-state index in [-0.39, 0.29) is 12.2 Å². The highest BCUT2D eigenvalue weighted by molar-refractivity contribution is 7.11. The van der Waals surface area contributed by atoms with Crippen molar-refractivity contribution in [2.24, 2.45) is 0 Å². The first-order valence-corrected chi connectivity index (χ1v) is 7.86. The molecule has 0 radical (unpaired) electrons. The summed E-state index contributed by atoms with van der Waals surface area (Å²) in [5, 5.41) is 13.3. The molecule has 0 bridgehead atoms. The van der Waals surface area contributed by atoms with Crippen LogP contribution < -0.4 is 5.32 Å². The standard InChI is InChI=1S/C15H15F3N2OS/c16-9-4-8(5-10(17)15(9)18)12(7-21)19-6-14-20-11-2-1-3-13(11)22-14/h4-5,12,19,21H,1-3,6-7H2. The number of benzene rings is 1. The summed E-state index contributed by atoms with van der Waals surface area (Å²) in [6.07, 6.45) is 3.17. The number of fused-ring (bicyclic) bond motifs is 1. The minimum atomic E-state index is -1.50. The molecule has 2 aromatic rings. The van der Waals surface area contributed by atoms with Gasteiger partial charge >= 0.3 is 0 Å². The zero-order valence-corrected chi connectivity index (χ0v) is 12.5. The SMILES string of the molecule is OCC(NCc1nc2c(s1)CCC2)c1cc(F)c(F)c(F)c1. The average molecular weight is 328 g/mol. The van der Waals surface area contributed by atoms with E-state index in [1.165, 1.54) is 4.88 Å². The lowest BCUT2D eigenvalue weighted by molar-refractivity contribution is 0.242. The lowest BCUT2D eigenvalue weighted by Crippen LogP contribution is -2.24. The van der Waals surface area contributed by atoms with Gasteiger partial charge in [0.1, 0.15) is 5.01 Å². The maximum atomic E-state index is 13.3. The quantitative estimate of drug-likeness (QED) is 0.830. The molecule has 0 fully saturated rings. The van der Waals surface area contributed by atoms with E-state index >= 15 is 0 Å². The van der Waals surface area contributed by atoms with Crippen molar-refractivity contribution < 1.29 is 18.3 Å². The van der Waals surface area contributed by atoms with E-state index < -0.39 is 23.5 Å². The summed E-state index contributed by atoms with van der Waals surface area (Å²) in [6.45, 7) is 0.0408. The van der Waals surface area contributed by atoms with Gasteiger partial charge in [-0.15, -0.1) is 11.3 Å². The van der Waals surface area contributed by atoms with Crippen LogP contribution >= 0.6 is 11.3 Å². The third-order valence-electron chi connectivity index (χ3n) is 3.73. The molecule has 118 valence electrons. The number of halogens is 3. The van der Waals surface area contributed by atoms with Crippen molar-refractivity contribution >= 4 is 11.3 Å². The number of thiazole rings is 1. The molecule has 1 aliphatic rings. The molecule has 1 unspecified atom stereocenters. The number of hydrogen-bond donors (Lipinski definition) is 2. The van der Waals surface area contributed by atoms with Crippen LogP contribution in [0.15, 0.2) is 12.1 Å². The van der Waals surface area contributed by atoms with Crippen molar-refractivity contribution in [1.29, 1.82) is 0 Å². The fourth-order valence-electron chi connectivity index (χ4n) is 2.59. The molecular weight excluding hydrogens is 313 g/mol. The third kappa shape index (κ3) is 3.02. The van der Waals surface area contributed by atoms with Crippen LogP contribution in [0.2, 0.25) is 0 Å². The lowest BCUT2D eigenvalue weighted by atomic mass is 10.1.